The van der Waals surface area contributed by atoms with Crippen molar-refractivity contribution in [3.63, 3.8) is 0 Å². The molecule has 3 unspecified atom stereocenters. The van der Waals surface area contributed by atoms with Gasteiger partial charge in [0.05, 0.1) is 12.2 Å². The largest absolute Gasteiger partial charge is 0.479 e. The van der Waals surface area contributed by atoms with E-state index in [0.29, 0.717) is 6.42 Å². The third-order valence-corrected chi connectivity index (χ3v) is 2.56. The maximum atomic E-state index is 10.7. The Balaban J connectivity index is 4.02. The molecule has 0 radical (unpaired) electrons. The molecule has 2 N–H and O–H groups in total. The topological polar surface area (TPSA) is 66.8 Å². The van der Waals surface area contributed by atoms with Gasteiger partial charge in [-0.05, 0) is 32.3 Å². The van der Waals surface area contributed by atoms with Gasteiger partial charge in [-0.2, -0.15) is 11.8 Å². The van der Waals surface area contributed by atoms with Crippen molar-refractivity contribution in [1.29, 1.82) is 0 Å². The van der Waals surface area contributed by atoms with Gasteiger partial charge in [0.2, 0.25) is 0 Å². The highest BCUT2D eigenvalue weighted by atomic mass is 32.2. The Kier molecular flexibility index (Phi) is 6.96. The molecule has 0 bridgehead atoms. The number of carboxylic acids is 1. The van der Waals surface area contributed by atoms with E-state index in [2.05, 4.69) is 0 Å². The van der Waals surface area contributed by atoms with Crippen LogP contribution in [0.4, 0.5) is 0 Å². The predicted octanol–water partition coefficient (Wildman–Crippen LogP) is 0.979. The normalized spacial score (nSPS) is 17.4. The number of thioether (sulfide) groups is 1. The predicted molar refractivity (Wildman–Crippen MR) is 56.7 cm³/mol. The fourth-order valence-electron chi connectivity index (χ4n) is 0.847. The zero-order valence-electron chi connectivity index (χ0n) is 8.77. The van der Waals surface area contributed by atoms with E-state index in [4.69, 9.17) is 14.9 Å². The SMILES string of the molecule is CSCCC(OC(C)C(C)O)C(=O)O. The van der Waals surface area contributed by atoms with Crippen LogP contribution in [0.5, 0.6) is 0 Å². The first kappa shape index (κ1) is 13.7. The van der Waals surface area contributed by atoms with Gasteiger partial charge in [-0.1, -0.05) is 0 Å². The molecule has 84 valence electrons. The molecule has 0 aromatic carbocycles. The molecule has 14 heavy (non-hydrogen) atoms. The molecule has 0 amide bonds. The summed E-state index contributed by atoms with van der Waals surface area (Å²) in [6, 6.07) is 0. The Bertz CT molecular complexity index is 172. The molecule has 0 saturated carbocycles. The third kappa shape index (κ3) is 5.47. The lowest BCUT2D eigenvalue weighted by Crippen LogP contribution is -2.33. The molecular weight excluding hydrogens is 204 g/mol. The van der Waals surface area contributed by atoms with Crippen LogP contribution in [0.1, 0.15) is 20.3 Å². The summed E-state index contributed by atoms with van der Waals surface area (Å²) in [6.45, 7) is 3.25. The van der Waals surface area contributed by atoms with Gasteiger partial charge < -0.3 is 14.9 Å². The van der Waals surface area contributed by atoms with Crippen molar-refractivity contribution in [3.8, 4) is 0 Å². The molecule has 0 aliphatic carbocycles. The van der Waals surface area contributed by atoms with Crippen LogP contribution in [0.15, 0.2) is 0 Å². The highest BCUT2D eigenvalue weighted by Gasteiger charge is 2.22. The quantitative estimate of drug-likeness (QED) is 0.672. The molecule has 0 aliphatic heterocycles. The van der Waals surface area contributed by atoms with E-state index >= 15 is 0 Å². The second-order valence-corrected chi connectivity index (χ2v) is 4.18. The van der Waals surface area contributed by atoms with Gasteiger partial charge in [0.25, 0.3) is 0 Å². The molecule has 0 rings (SSSR count). The highest BCUT2D eigenvalue weighted by Crippen LogP contribution is 2.09. The van der Waals surface area contributed by atoms with Gasteiger partial charge in [-0.15, -0.1) is 0 Å². The lowest BCUT2D eigenvalue weighted by molar-refractivity contribution is -0.157. The number of carboxylic acid groups (broad SMARTS) is 1. The molecule has 0 spiro atoms. The maximum absolute atomic E-state index is 10.7. The van der Waals surface area contributed by atoms with E-state index < -0.39 is 24.3 Å². The van der Waals surface area contributed by atoms with Gasteiger partial charge >= 0.3 is 5.97 Å². The molecule has 3 atom stereocenters. The van der Waals surface area contributed by atoms with E-state index in [1.54, 1.807) is 25.6 Å². The van der Waals surface area contributed by atoms with Crippen molar-refractivity contribution < 1.29 is 19.7 Å². The Labute approximate surface area is 88.6 Å². The average molecular weight is 222 g/mol. The van der Waals surface area contributed by atoms with Crippen LogP contribution in [-0.2, 0) is 9.53 Å². The van der Waals surface area contributed by atoms with E-state index in [0.717, 1.165) is 5.75 Å². The number of aliphatic carboxylic acids is 1. The monoisotopic (exact) mass is 222 g/mol. The fourth-order valence-corrected chi connectivity index (χ4v) is 1.30. The molecule has 5 heteroatoms. The lowest BCUT2D eigenvalue weighted by atomic mass is 10.2. The van der Waals surface area contributed by atoms with Crippen molar-refractivity contribution in [2.24, 2.45) is 0 Å². The second-order valence-electron chi connectivity index (χ2n) is 3.19. The highest BCUT2D eigenvalue weighted by molar-refractivity contribution is 7.98. The number of hydrogen-bond acceptors (Lipinski definition) is 4. The van der Waals surface area contributed by atoms with Crippen LogP contribution in [0.3, 0.4) is 0 Å². The number of aliphatic hydroxyl groups excluding tert-OH is 1. The number of aliphatic hydroxyl groups is 1. The Hall–Kier alpha value is -0.260. The van der Waals surface area contributed by atoms with E-state index in [9.17, 15) is 4.79 Å². The molecule has 0 aromatic heterocycles. The summed E-state index contributed by atoms with van der Waals surface area (Å²) >= 11 is 1.58. The molecule has 0 aliphatic rings. The Morgan fingerprint density at radius 3 is 2.43 bits per heavy atom. The number of carbonyl (C=O) groups is 1. The molecular formula is C9H18O4S. The minimum Gasteiger partial charge on any atom is -0.479 e. The van der Waals surface area contributed by atoms with Crippen LogP contribution >= 0.6 is 11.8 Å². The summed E-state index contributed by atoms with van der Waals surface area (Å²) in [5.74, 6) is -0.227. The summed E-state index contributed by atoms with van der Waals surface area (Å²) < 4.78 is 5.21. The number of ether oxygens (including phenoxy) is 1. The maximum Gasteiger partial charge on any atom is 0.332 e. The zero-order chi connectivity index (χ0) is 11.1. The van der Waals surface area contributed by atoms with Crippen LogP contribution in [0.2, 0.25) is 0 Å². The van der Waals surface area contributed by atoms with Crippen molar-refractivity contribution in [2.45, 2.75) is 38.6 Å². The smallest absolute Gasteiger partial charge is 0.332 e. The number of rotatable bonds is 7. The van der Waals surface area contributed by atoms with Crippen LogP contribution in [-0.4, -0.2) is 46.5 Å². The summed E-state index contributed by atoms with van der Waals surface area (Å²) in [6.07, 6.45) is 0.473. The minimum atomic E-state index is -0.966. The Morgan fingerprint density at radius 1 is 1.50 bits per heavy atom. The minimum absolute atomic E-state index is 0.446. The second kappa shape index (κ2) is 7.09. The first-order valence-electron chi connectivity index (χ1n) is 4.54. The molecule has 0 aromatic rings. The van der Waals surface area contributed by atoms with E-state index in [1.165, 1.54) is 0 Å². The summed E-state index contributed by atoms with van der Waals surface area (Å²) in [4.78, 5) is 10.7. The van der Waals surface area contributed by atoms with Crippen LogP contribution in [0, 0.1) is 0 Å². The first-order valence-corrected chi connectivity index (χ1v) is 5.93. The summed E-state index contributed by atoms with van der Waals surface area (Å²) in [5, 5.41) is 18.0. The van der Waals surface area contributed by atoms with Gasteiger partial charge in [0.1, 0.15) is 0 Å². The van der Waals surface area contributed by atoms with Crippen molar-refractivity contribution in [3.05, 3.63) is 0 Å². The standard InChI is InChI=1S/C9H18O4S/c1-6(10)7(2)13-8(9(11)12)4-5-14-3/h6-8,10H,4-5H2,1-3H3,(H,11,12). The summed E-state index contributed by atoms with van der Waals surface area (Å²) in [7, 11) is 0. The van der Waals surface area contributed by atoms with Crippen molar-refractivity contribution >= 4 is 17.7 Å². The van der Waals surface area contributed by atoms with E-state index in [1.807, 2.05) is 6.26 Å². The van der Waals surface area contributed by atoms with Crippen LogP contribution in [0.25, 0.3) is 0 Å². The van der Waals surface area contributed by atoms with Gasteiger partial charge in [-0.25, -0.2) is 4.79 Å². The first-order chi connectivity index (χ1) is 6.49. The zero-order valence-corrected chi connectivity index (χ0v) is 9.58. The lowest BCUT2D eigenvalue weighted by Gasteiger charge is -2.20. The number of hydrogen-bond donors (Lipinski definition) is 2. The molecule has 0 fully saturated rings. The van der Waals surface area contributed by atoms with Crippen molar-refractivity contribution in [1.82, 2.24) is 0 Å². The Morgan fingerprint density at radius 2 is 2.07 bits per heavy atom. The average Bonchev–Trinajstić information content (AvgIpc) is 2.10. The molecule has 0 heterocycles. The van der Waals surface area contributed by atoms with Gasteiger partial charge in [-0.3, -0.25) is 0 Å². The fraction of sp³-hybridized carbons (Fsp3) is 0.889. The molecule has 4 nitrogen and oxygen atoms in total. The van der Waals surface area contributed by atoms with Gasteiger partial charge in [0, 0.05) is 0 Å². The van der Waals surface area contributed by atoms with Crippen LogP contribution < -0.4 is 0 Å². The van der Waals surface area contributed by atoms with Gasteiger partial charge in [0.15, 0.2) is 6.10 Å². The van der Waals surface area contributed by atoms with E-state index in [-0.39, 0.29) is 0 Å². The third-order valence-electron chi connectivity index (χ3n) is 1.92. The molecule has 0 saturated heterocycles. The summed E-state index contributed by atoms with van der Waals surface area (Å²) in [5.41, 5.74) is 0. The van der Waals surface area contributed by atoms with Crippen molar-refractivity contribution in [2.75, 3.05) is 12.0 Å².